The highest BCUT2D eigenvalue weighted by molar-refractivity contribution is 7.98. The molecule has 0 heterocycles. The molecule has 0 saturated carbocycles. The van der Waals surface area contributed by atoms with Crippen LogP contribution in [-0.2, 0) is 6.42 Å². The van der Waals surface area contributed by atoms with E-state index in [1.165, 1.54) is 0 Å². The minimum atomic E-state index is -4.74. The third-order valence-electron chi connectivity index (χ3n) is 2.05. The van der Waals surface area contributed by atoms with E-state index >= 15 is 0 Å². The molecule has 0 radical (unpaired) electrons. The van der Waals surface area contributed by atoms with Crippen molar-refractivity contribution in [2.45, 2.75) is 19.2 Å². The summed E-state index contributed by atoms with van der Waals surface area (Å²) >= 11 is 1.61. The van der Waals surface area contributed by atoms with Crippen molar-refractivity contribution in [1.29, 1.82) is 0 Å². The first-order valence-electron chi connectivity index (χ1n) is 4.95. The number of rotatable bonds is 5. The molecule has 1 aromatic rings. The Balaban J connectivity index is 2.72. The Morgan fingerprint density at radius 2 is 2.00 bits per heavy atom. The van der Waals surface area contributed by atoms with Crippen molar-refractivity contribution in [2.24, 2.45) is 0 Å². The maximum atomic E-state index is 13.3. The summed E-state index contributed by atoms with van der Waals surface area (Å²) in [5, 5.41) is 0. The fourth-order valence-electron chi connectivity index (χ4n) is 1.35. The second kappa shape index (κ2) is 6.14. The van der Waals surface area contributed by atoms with Crippen LogP contribution < -0.4 is 4.74 Å². The van der Waals surface area contributed by atoms with Crippen molar-refractivity contribution in [3.05, 3.63) is 29.6 Å². The van der Waals surface area contributed by atoms with E-state index in [0.717, 1.165) is 24.0 Å². The highest BCUT2D eigenvalue weighted by atomic mass is 32.2. The molecule has 17 heavy (non-hydrogen) atoms. The lowest BCUT2D eigenvalue weighted by molar-refractivity contribution is -0.274. The number of benzene rings is 1. The molecule has 0 aliphatic rings. The van der Waals surface area contributed by atoms with Crippen molar-refractivity contribution in [3.8, 4) is 5.75 Å². The van der Waals surface area contributed by atoms with Crippen LogP contribution in [0.1, 0.15) is 12.0 Å². The standard InChI is InChI=1S/C11H12F4OS/c1-17-6-2-3-8-7-9(4-5-10(8)12)16-11(13,14)15/h4-5,7H,2-3,6H2,1H3. The van der Waals surface area contributed by atoms with E-state index in [2.05, 4.69) is 4.74 Å². The van der Waals surface area contributed by atoms with Gasteiger partial charge in [-0.25, -0.2) is 4.39 Å². The summed E-state index contributed by atoms with van der Waals surface area (Å²) in [6, 6.07) is 3.07. The summed E-state index contributed by atoms with van der Waals surface area (Å²) in [6.07, 6.45) is -1.71. The molecule has 1 nitrogen and oxygen atoms in total. The molecule has 1 aromatic carbocycles. The van der Waals surface area contributed by atoms with Gasteiger partial charge < -0.3 is 4.74 Å². The average Bonchev–Trinajstić information content (AvgIpc) is 2.21. The molecular weight excluding hydrogens is 256 g/mol. The van der Waals surface area contributed by atoms with Crippen molar-refractivity contribution in [2.75, 3.05) is 12.0 Å². The molecule has 1 rings (SSSR count). The summed E-state index contributed by atoms with van der Waals surface area (Å²) < 4.78 is 52.9. The number of alkyl halides is 3. The first-order valence-corrected chi connectivity index (χ1v) is 6.35. The zero-order chi connectivity index (χ0) is 12.9. The summed E-state index contributed by atoms with van der Waals surface area (Å²) in [5.74, 6) is -0.0391. The average molecular weight is 268 g/mol. The molecule has 0 amide bonds. The largest absolute Gasteiger partial charge is 0.573 e. The van der Waals surface area contributed by atoms with Crippen molar-refractivity contribution in [3.63, 3.8) is 0 Å². The van der Waals surface area contributed by atoms with Gasteiger partial charge in [-0.1, -0.05) is 0 Å². The molecule has 0 bridgehead atoms. The maximum absolute atomic E-state index is 13.3. The van der Waals surface area contributed by atoms with Gasteiger partial charge in [-0.05, 0) is 48.6 Å². The van der Waals surface area contributed by atoms with Crippen LogP contribution in [0.5, 0.6) is 5.75 Å². The second-order valence-corrected chi connectivity index (χ2v) is 4.38. The molecule has 0 aromatic heterocycles. The molecule has 0 saturated heterocycles. The Labute approximate surface area is 101 Å². The Morgan fingerprint density at radius 3 is 2.59 bits per heavy atom. The highest BCUT2D eigenvalue weighted by Crippen LogP contribution is 2.25. The Hall–Kier alpha value is -0.910. The van der Waals surface area contributed by atoms with Crippen LogP contribution in [0.25, 0.3) is 0 Å². The molecule has 0 aliphatic carbocycles. The number of halogens is 4. The molecule has 0 N–H and O–H groups in total. The summed E-state index contributed by atoms with van der Waals surface area (Å²) in [7, 11) is 0. The van der Waals surface area contributed by atoms with Crippen LogP contribution in [0.3, 0.4) is 0 Å². The molecule has 0 spiro atoms. The minimum Gasteiger partial charge on any atom is -0.406 e. The quantitative estimate of drug-likeness (QED) is 0.589. The van der Waals surface area contributed by atoms with E-state index in [9.17, 15) is 17.6 Å². The summed E-state index contributed by atoms with van der Waals surface area (Å²) in [6.45, 7) is 0. The van der Waals surface area contributed by atoms with Crippen molar-refractivity contribution in [1.82, 2.24) is 0 Å². The minimum absolute atomic E-state index is 0.251. The van der Waals surface area contributed by atoms with Crippen LogP contribution in [0, 0.1) is 5.82 Å². The van der Waals surface area contributed by atoms with Gasteiger partial charge in [0.2, 0.25) is 0 Å². The van der Waals surface area contributed by atoms with E-state index in [-0.39, 0.29) is 11.3 Å². The lowest BCUT2D eigenvalue weighted by atomic mass is 10.1. The topological polar surface area (TPSA) is 9.23 Å². The SMILES string of the molecule is CSCCCc1cc(OC(F)(F)F)ccc1F. The van der Waals surface area contributed by atoms with Gasteiger partial charge in [0.05, 0.1) is 0 Å². The van der Waals surface area contributed by atoms with Crippen LogP contribution in [0.2, 0.25) is 0 Å². The van der Waals surface area contributed by atoms with Gasteiger partial charge in [-0.15, -0.1) is 13.2 Å². The van der Waals surface area contributed by atoms with E-state index in [4.69, 9.17) is 0 Å². The van der Waals surface area contributed by atoms with Gasteiger partial charge in [-0.2, -0.15) is 11.8 Å². The molecule has 0 fully saturated rings. The fraction of sp³-hybridized carbons (Fsp3) is 0.455. The van der Waals surface area contributed by atoms with Gasteiger partial charge >= 0.3 is 6.36 Å². The lowest BCUT2D eigenvalue weighted by Crippen LogP contribution is -2.17. The van der Waals surface area contributed by atoms with Crippen molar-refractivity contribution >= 4 is 11.8 Å². The summed E-state index contributed by atoms with van der Waals surface area (Å²) in [4.78, 5) is 0. The molecular formula is C11H12F4OS. The summed E-state index contributed by atoms with van der Waals surface area (Å²) in [5.41, 5.74) is 0.251. The van der Waals surface area contributed by atoms with Gasteiger partial charge in [-0.3, -0.25) is 0 Å². The first kappa shape index (κ1) is 14.2. The predicted molar refractivity (Wildman–Crippen MR) is 59.8 cm³/mol. The monoisotopic (exact) mass is 268 g/mol. The predicted octanol–water partition coefficient (Wildman–Crippen LogP) is 4.02. The van der Waals surface area contributed by atoms with Crippen LogP contribution in [-0.4, -0.2) is 18.4 Å². The normalized spacial score (nSPS) is 11.6. The number of aryl methyl sites for hydroxylation is 1. The van der Waals surface area contributed by atoms with Crippen molar-refractivity contribution < 1.29 is 22.3 Å². The van der Waals surface area contributed by atoms with Gasteiger partial charge in [0.25, 0.3) is 0 Å². The van der Waals surface area contributed by atoms with E-state index in [1.807, 2.05) is 6.26 Å². The maximum Gasteiger partial charge on any atom is 0.573 e. The molecule has 0 unspecified atom stereocenters. The van der Waals surface area contributed by atoms with Gasteiger partial charge in [0, 0.05) is 0 Å². The molecule has 0 atom stereocenters. The van der Waals surface area contributed by atoms with Gasteiger partial charge in [0.15, 0.2) is 0 Å². The van der Waals surface area contributed by atoms with Crippen LogP contribution in [0.15, 0.2) is 18.2 Å². The van der Waals surface area contributed by atoms with Gasteiger partial charge in [0.1, 0.15) is 11.6 Å². The number of ether oxygens (including phenoxy) is 1. The smallest absolute Gasteiger partial charge is 0.406 e. The Bertz CT molecular complexity index is 365. The molecule has 6 heteroatoms. The zero-order valence-electron chi connectivity index (χ0n) is 9.18. The number of hydrogen-bond acceptors (Lipinski definition) is 2. The highest BCUT2D eigenvalue weighted by Gasteiger charge is 2.31. The zero-order valence-corrected chi connectivity index (χ0v) is 10.00. The first-order chi connectivity index (χ1) is 7.92. The molecule has 96 valence electrons. The van der Waals surface area contributed by atoms with E-state index in [0.29, 0.717) is 12.8 Å². The Morgan fingerprint density at radius 1 is 1.29 bits per heavy atom. The van der Waals surface area contributed by atoms with Crippen LogP contribution in [0.4, 0.5) is 17.6 Å². The number of hydrogen-bond donors (Lipinski definition) is 0. The Kier molecular flexibility index (Phi) is 5.11. The number of thioether (sulfide) groups is 1. The van der Waals surface area contributed by atoms with E-state index in [1.54, 1.807) is 11.8 Å². The second-order valence-electron chi connectivity index (χ2n) is 3.40. The third-order valence-corrected chi connectivity index (χ3v) is 2.74. The van der Waals surface area contributed by atoms with Crippen LogP contribution >= 0.6 is 11.8 Å². The lowest BCUT2D eigenvalue weighted by Gasteiger charge is -2.10. The molecule has 0 aliphatic heterocycles. The fourth-order valence-corrected chi connectivity index (χ4v) is 1.78. The van der Waals surface area contributed by atoms with E-state index < -0.39 is 12.2 Å². The third kappa shape index (κ3) is 5.30.